The summed E-state index contributed by atoms with van der Waals surface area (Å²) in [5.41, 5.74) is 2.07. The number of hydrogen-bond donors (Lipinski definition) is 1. The smallest absolute Gasteiger partial charge is 0.325 e. The second-order valence-corrected chi connectivity index (χ2v) is 8.20. The minimum atomic E-state index is -4.48. The van der Waals surface area contributed by atoms with Crippen LogP contribution < -0.4 is 5.32 Å². The van der Waals surface area contributed by atoms with Gasteiger partial charge in [0.05, 0.1) is 11.3 Å². The van der Waals surface area contributed by atoms with Gasteiger partial charge in [-0.1, -0.05) is 65.9 Å². The number of benzene rings is 3. The first-order chi connectivity index (χ1) is 15.8. The number of carbonyl (C=O) groups excluding carboxylic acids is 1. The second-order valence-electron chi connectivity index (χ2n) is 7.26. The fraction of sp³-hybridized carbons (Fsp3) is 0.125. The predicted octanol–water partition coefficient (Wildman–Crippen LogP) is 5.99. The molecule has 0 spiro atoms. The van der Waals surface area contributed by atoms with Gasteiger partial charge in [-0.2, -0.15) is 13.2 Å². The number of alkyl halides is 3. The van der Waals surface area contributed by atoms with Gasteiger partial charge in [0.25, 0.3) is 0 Å². The Kier molecular flexibility index (Phi) is 6.50. The summed E-state index contributed by atoms with van der Waals surface area (Å²) in [7, 11) is 0. The summed E-state index contributed by atoms with van der Waals surface area (Å²) >= 11 is 1.15. The van der Waals surface area contributed by atoms with E-state index in [4.69, 9.17) is 0 Å². The Morgan fingerprint density at radius 3 is 2.39 bits per heavy atom. The first-order valence-electron chi connectivity index (χ1n) is 9.99. The third-order valence-electron chi connectivity index (χ3n) is 4.76. The maximum Gasteiger partial charge on any atom is 0.416 e. The second kappa shape index (κ2) is 9.50. The average Bonchev–Trinajstić information content (AvgIpc) is 3.22. The monoisotopic (exact) mass is 468 g/mol. The number of aryl methyl sites for hydroxylation is 1. The Bertz CT molecular complexity index is 1250. The summed E-state index contributed by atoms with van der Waals surface area (Å²) in [6.45, 7) is 1.99. The molecule has 0 aliphatic rings. The summed E-state index contributed by atoms with van der Waals surface area (Å²) in [4.78, 5) is 12.4. The third-order valence-corrected chi connectivity index (χ3v) is 5.69. The number of nitrogens with zero attached hydrogens (tertiary/aromatic N) is 3. The highest BCUT2D eigenvalue weighted by molar-refractivity contribution is 7.99. The molecule has 0 bridgehead atoms. The maximum atomic E-state index is 12.9. The van der Waals surface area contributed by atoms with Crippen molar-refractivity contribution in [3.63, 3.8) is 0 Å². The summed E-state index contributed by atoms with van der Waals surface area (Å²) in [5.74, 6) is 0.133. The Morgan fingerprint density at radius 1 is 0.970 bits per heavy atom. The van der Waals surface area contributed by atoms with E-state index in [-0.39, 0.29) is 11.4 Å². The summed E-state index contributed by atoms with van der Waals surface area (Å²) in [6, 6.07) is 21.9. The molecule has 168 valence electrons. The van der Waals surface area contributed by atoms with Gasteiger partial charge in [0, 0.05) is 16.9 Å². The van der Waals surface area contributed by atoms with Crippen molar-refractivity contribution < 1.29 is 18.0 Å². The molecule has 0 radical (unpaired) electrons. The molecule has 1 N–H and O–H groups in total. The average molecular weight is 469 g/mol. The van der Waals surface area contributed by atoms with Crippen molar-refractivity contribution in [2.24, 2.45) is 0 Å². The van der Waals surface area contributed by atoms with Crippen molar-refractivity contribution in [2.75, 3.05) is 11.1 Å². The lowest BCUT2D eigenvalue weighted by Gasteiger charge is -2.11. The summed E-state index contributed by atoms with van der Waals surface area (Å²) in [6.07, 6.45) is -4.48. The van der Waals surface area contributed by atoms with Gasteiger partial charge in [-0.3, -0.25) is 9.36 Å². The quantitative estimate of drug-likeness (QED) is 0.353. The number of halogens is 3. The highest BCUT2D eigenvalue weighted by Gasteiger charge is 2.30. The molecule has 0 atom stereocenters. The normalized spacial score (nSPS) is 11.4. The molecule has 4 rings (SSSR count). The lowest BCUT2D eigenvalue weighted by Crippen LogP contribution is -2.15. The van der Waals surface area contributed by atoms with E-state index < -0.39 is 17.6 Å². The molecule has 0 unspecified atom stereocenters. The highest BCUT2D eigenvalue weighted by Crippen LogP contribution is 2.31. The van der Waals surface area contributed by atoms with E-state index in [0.717, 1.165) is 40.7 Å². The number of thioether (sulfide) groups is 1. The number of rotatable bonds is 6. The zero-order valence-corrected chi connectivity index (χ0v) is 18.3. The van der Waals surface area contributed by atoms with Gasteiger partial charge in [-0.05, 0) is 37.3 Å². The van der Waals surface area contributed by atoms with E-state index in [1.54, 1.807) is 0 Å². The van der Waals surface area contributed by atoms with Gasteiger partial charge in [-0.25, -0.2) is 0 Å². The van der Waals surface area contributed by atoms with E-state index >= 15 is 0 Å². The molecule has 9 heteroatoms. The highest BCUT2D eigenvalue weighted by atomic mass is 32.2. The number of nitrogens with one attached hydrogen (secondary N) is 1. The molecule has 33 heavy (non-hydrogen) atoms. The molecular formula is C24H19F3N4OS. The minimum absolute atomic E-state index is 0.0466. The predicted molar refractivity (Wildman–Crippen MR) is 122 cm³/mol. The number of aromatic nitrogens is 3. The van der Waals surface area contributed by atoms with Crippen LogP contribution in [0.2, 0.25) is 0 Å². The van der Waals surface area contributed by atoms with Crippen molar-refractivity contribution in [2.45, 2.75) is 18.3 Å². The van der Waals surface area contributed by atoms with Crippen LogP contribution in [0.25, 0.3) is 17.1 Å². The van der Waals surface area contributed by atoms with Crippen LogP contribution in [0.5, 0.6) is 0 Å². The van der Waals surface area contributed by atoms with Crippen LogP contribution in [-0.4, -0.2) is 26.4 Å². The topological polar surface area (TPSA) is 59.8 Å². The molecule has 0 fully saturated rings. The Morgan fingerprint density at radius 2 is 1.70 bits per heavy atom. The Hall–Kier alpha value is -3.59. The Labute approximate surface area is 192 Å². The number of hydrogen-bond acceptors (Lipinski definition) is 4. The van der Waals surface area contributed by atoms with E-state index in [9.17, 15) is 18.0 Å². The fourth-order valence-corrected chi connectivity index (χ4v) is 3.92. The first kappa shape index (κ1) is 22.6. The number of anilines is 1. The van der Waals surface area contributed by atoms with Crippen molar-refractivity contribution in [3.8, 4) is 17.1 Å². The lowest BCUT2D eigenvalue weighted by molar-refractivity contribution is -0.137. The Balaban J connectivity index is 1.55. The van der Waals surface area contributed by atoms with Gasteiger partial charge in [0.15, 0.2) is 11.0 Å². The van der Waals surface area contributed by atoms with Gasteiger partial charge in [-0.15, -0.1) is 10.2 Å². The maximum absolute atomic E-state index is 12.9. The van der Waals surface area contributed by atoms with Gasteiger partial charge >= 0.3 is 6.18 Å². The van der Waals surface area contributed by atoms with E-state index in [2.05, 4.69) is 15.5 Å². The molecule has 0 aliphatic carbocycles. The molecule has 0 saturated carbocycles. The lowest BCUT2D eigenvalue weighted by atomic mass is 10.2. The third kappa shape index (κ3) is 5.43. The summed E-state index contributed by atoms with van der Waals surface area (Å²) in [5, 5.41) is 11.6. The standard InChI is InChI=1S/C24H19F3N4OS/c1-16-10-12-20(13-11-16)31-22(17-6-3-2-4-7-17)29-30-23(31)33-15-21(32)28-19-9-5-8-18(14-19)24(25,26)27/h2-14H,15H2,1H3,(H,28,32). The van der Waals surface area contributed by atoms with E-state index in [1.807, 2.05) is 66.1 Å². The van der Waals surface area contributed by atoms with Crippen molar-refractivity contribution in [3.05, 3.63) is 90.0 Å². The zero-order valence-electron chi connectivity index (χ0n) is 17.5. The van der Waals surface area contributed by atoms with Gasteiger partial charge < -0.3 is 5.32 Å². The van der Waals surface area contributed by atoms with Crippen molar-refractivity contribution in [1.29, 1.82) is 0 Å². The van der Waals surface area contributed by atoms with Crippen LogP contribution in [0.3, 0.4) is 0 Å². The number of amides is 1. The molecule has 1 aromatic heterocycles. The SMILES string of the molecule is Cc1ccc(-n2c(SCC(=O)Nc3cccc(C(F)(F)F)c3)nnc2-c2ccccc2)cc1. The van der Waals surface area contributed by atoms with Crippen LogP contribution >= 0.6 is 11.8 Å². The van der Waals surface area contributed by atoms with E-state index in [1.165, 1.54) is 12.1 Å². The fourth-order valence-electron chi connectivity index (χ4n) is 3.16. The van der Waals surface area contributed by atoms with Gasteiger partial charge in [0.1, 0.15) is 0 Å². The van der Waals surface area contributed by atoms with Crippen molar-refractivity contribution >= 4 is 23.4 Å². The molecule has 0 saturated heterocycles. The van der Waals surface area contributed by atoms with Crippen LogP contribution in [0, 0.1) is 6.92 Å². The van der Waals surface area contributed by atoms with Crippen LogP contribution in [-0.2, 0) is 11.0 Å². The van der Waals surface area contributed by atoms with Crippen molar-refractivity contribution in [1.82, 2.24) is 14.8 Å². The van der Waals surface area contributed by atoms with Gasteiger partial charge in [0.2, 0.25) is 5.91 Å². The molecule has 1 amide bonds. The molecular weight excluding hydrogens is 449 g/mol. The first-order valence-corrected chi connectivity index (χ1v) is 11.0. The molecule has 3 aromatic carbocycles. The molecule has 5 nitrogen and oxygen atoms in total. The molecule has 0 aliphatic heterocycles. The minimum Gasteiger partial charge on any atom is -0.325 e. The number of carbonyl (C=O) groups is 1. The van der Waals surface area contributed by atoms with Crippen LogP contribution in [0.1, 0.15) is 11.1 Å². The largest absolute Gasteiger partial charge is 0.416 e. The molecule has 4 aromatic rings. The van der Waals surface area contributed by atoms with Crippen LogP contribution in [0.15, 0.2) is 84.0 Å². The summed E-state index contributed by atoms with van der Waals surface area (Å²) < 4.78 is 40.6. The zero-order chi connectivity index (χ0) is 23.4. The van der Waals surface area contributed by atoms with E-state index in [0.29, 0.717) is 11.0 Å². The van der Waals surface area contributed by atoms with Crippen LogP contribution in [0.4, 0.5) is 18.9 Å². The molecule has 1 heterocycles.